The zero-order valence-electron chi connectivity index (χ0n) is 13.1. The number of ether oxygens (including phenoxy) is 1. The molecule has 1 saturated heterocycles. The van der Waals surface area contributed by atoms with Crippen LogP contribution in [-0.2, 0) is 4.74 Å². The van der Waals surface area contributed by atoms with Crippen LogP contribution in [0.3, 0.4) is 0 Å². The normalized spacial score (nSPS) is 23.7. The van der Waals surface area contributed by atoms with E-state index in [9.17, 15) is 4.79 Å². The van der Waals surface area contributed by atoms with Gasteiger partial charge in [0.05, 0.1) is 11.7 Å². The number of para-hydroxylation sites is 1. The summed E-state index contributed by atoms with van der Waals surface area (Å²) in [5, 5.41) is 3.44. The van der Waals surface area contributed by atoms with Crippen molar-refractivity contribution in [3.63, 3.8) is 0 Å². The SMILES string of the molecule is Cc1ccc([C@H]2Nc3ccccc3C(=O)N2C[C@H]2CCCO2)o1. The maximum atomic E-state index is 13.0. The van der Waals surface area contributed by atoms with Crippen LogP contribution in [-0.4, -0.2) is 30.1 Å². The molecule has 2 atom stereocenters. The Hall–Kier alpha value is -2.27. The molecule has 5 heteroatoms. The molecule has 1 N–H and O–H groups in total. The molecule has 2 aliphatic heterocycles. The van der Waals surface area contributed by atoms with Gasteiger partial charge in [0.15, 0.2) is 6.17 Å². The largest absolute Gasteiger partial charge is 0.462 e. The lowest BCUT2D eigenvalue weighted by atomic mass is 10.1. The van der Waals surface area contributed by atoms with Gasteiger partial charge in [0, 0.05) is 18.8 Å². The minimum Gasteiger partial charge on any atom is -0.462 e. The summed E-state index contributed by atoms with van der Waals surface area (Å²) in [6.07, 6.45) is 1.86. The first kappa shape index (κ1) is 14.3. The van der Waals surface area contributed by atoms with Gasteiger partial charge in [-0.1, -0.05) is 12.1 Å². The summed E-state index contributed by atoms with van der Waals surface area (Å²) in [5.74, 6) is 1.61. The van der Waals surface area contributed by atoms with Gasteiger partial charge in [-0.3, -0.25) is 4.79 Å². The first-order valence-electron chi connectivity index (χ1n) is 8.07. The highest BCUT2D eigenvalue weighted by Crippen LogP contribution is 2.34. The Kier molecular flexibility index (Phi) is 3.58. The smallest absolute Gasteiger partial charge is 0.258 e. The van der Waals surface area contributed by atoms with Gasteiger partial charge in [-0.15, -0.1) is 0 Å². The van der Waals surface area contributed by atoms with Crippen molar-refractivity contribution in [2.45, 2.75) is 32.0 Å². The van der Waals surface area contributed by atoms with Crippen molar-refractivity contribution in [2.24, 2.45) is 0 Å². The van der Waals surface area contributed by atoms with Crippen LogP contribution < -0.4 is 5.32 Å². The van der Waals surface area contributed by atoms with Crippen LogP contribution >= 0.6 is 0 Å². The van der Waals surface area contributed by atoms with Crippen molar-refractivity contribution in [1.29, 1.82) is 0 Å². The van der Waals surface area contributed by atoms with E-state index in [1.165, 1.54) is 0 Å². The van der Waals surface area contributed by atoms with E-state index in [0.717, 1.165) is 36.7 Å². The number of carbonyl (C=O) groups excluding carboxylic acids is 1. The van der Waals surface area contributed by atoms with Gasteiger partial charge in [-0.05, 0) is 44.0 Å². The molecular formula is C18H20N2O3. The number of fused-ring (bicyclic) bond motifs is 1. The monoisotopic (exact) mass is 312 g/mol. The summed E-state index contributed by atoms with van der Waals surface area (Å²) in [5.41, 5.74) is 1.55. The molecule has 3 heterocycles. The summed E-state index contributed by atoms with van der Waals surface area (Å²) >= 11 is 0. The predicted molar refractivity (Wildman–Crippen MR) is 86.3 cm³/mol. The van der Waals surface area contributed by atoms with Crippen LogP contribution in [0.15, 0.2) is 40.8 Å². The van der Waals surface area contributed by atoms with E-state index in [4.69, 9.17) is 9.15 Å². The average Bonchev–Trinajstić information content (AvgIpc) is 3.21. The molecule has 1 fully saturated rings. The van der Waals surface area contributed by atoms with Gasteiger partial charge in [0.25, 0.3) is 5.91 Å². The molecule has 0 bridgehead atoms. The fourth-order valence-corrected chi connectivity index (χ4v) is 3.31. The minimum absolute atomic E-state index is 0.0221. The molecule has 1 aromatic carbocycles. The molecule has 0 aliphatic carbocycles. The highest BCUT2D eigenvalue weighted by Gasteiger charge is 2.36. The molecule has 0 radical (unpaired) electrons. The van der Waals surface area contributed by atoms with Gasteiger partial charge in [0.2, 0.25) is 0 Å². The number of benzene rings is 1. The topological polar surface area (TPSA) is 54.7 Å². The number of anilines is 1. The second-order valence-corrected chi connectivity index (χ2v) is 6.13. The van der Waals surface area contributed by atoms with E-state index >= 15 is 0 Å². The molecule has 2 aromatic rings. The van der Waals surface area contributed by atoms with E-state index in [0.29, 0.717) is 12.1 Å². The highest BCUT2D eigenvalue weighted by atomic mass is 16.5. The number of rotatable bonds is 3. The van der Waals surface area contributed by atoms with Crippen LogP contribution in [0.1, 0.15) is 40.9 Å². The zero-order valence-corrected chi connectivity index (χ0v) is 13.1. The Morgan fingerprint density at radius 3 is 2.87 bits per heavy atom. The Labute approximate surface area is 135 Å². The number of furan rings is 1. The lowest BCUT2D eigenvalue weighted by molar-refractivity contribution is 0.0401. The number of amides is 1. The molecule has 5 nitrogen and oxygen atoms in total. The first-order chi connectivity index (χ1) is 11.2. The fourth-order valence-electron chi connectivity index (χ4n) is 3.31. The second kappa shape index (κ2) is 5.74. The van der Waals surface area contributed by atoms with E-state index in [1.54, 1.807) is 0 Å². The fraction of sp³-hybridized carbons (Fsp3) is 0.389. The maximum absolute atomic E-state index is 13.0. The summed E-state index contributed by atoms with van der Waals surface area (Å²) in [6.45, 7) is 3.26. The number of hydrogen-bond acceptors (Lipinski definition) is 4. The summed E-state index contributed by atoms with van der Waals surface area (Å²) < 4.78 is 11.5. The summed E-state index contributed by atoms with van der Waals surface area (Å²) in [4.78, 5) is 14.8. The van der Waals surface area contributed by atoms with E-state index in [1.807, 2.05) is 48.2 Å². The van der Waals surface area contributed by atoms with Crippen molar-refractivity contribution in [3.05, 3.63) is 53.5 Å². The second-order valence-electron chi connectivity index (χ2n) is 6.13. The van der Waals surface area contributed by atoms with Gasteiger partial charge < -0.3 is 19.4 Å². The highest BCUT2D eigenvalue weighted by molar-refractivity contribution is 6.01. The quantitative estimate of drug-likeness (QED) is 0.944. The zero-order chi connectivity index (χ0) is 15.8. The van der Waals surface area contributed by atoms with Crippen LogP contribution in [0.2, 0.25) is 0 Å². The predicted octanol–water partition coefficient (Wildman–Crippen LogP) is 3.33. The summed E-state index contributed by atoms with van der Waals surface area (Å²) in [6, 6.07) is 11.5. The third-order valence-electron chi connectivity index (χ3n) is 4.48. The van der Waals surface area contributed by atoms with Crippen molar-refractivity contribution >= 4 is 11.6 Å². The van der Waals surface area contributed by atoms with Gasteiger partial charge >= 0.3 is 0 Å². The molecule has 0 spiro atoms. The lowest BCUT2D eigenvalue weighted by Crippen LogP contribution is -2.46. The molecular weight excluding hydrogens is 292 g/mol. The van der Waals surface area contributed by atoms with Crippen LogP contribution in [0.25, 0.3) is 0 Å². The van der Waals surface area contributed by atoms with E-state index in [-0.39, 0.29) is 18.2 Å². The molecule has 0 saturated carbocycles. The first-order valence-corrected chi connectivity index (χ1v) is 8.07. The van der Waals surface area contributed by atoms with Crippen LogP contribution in [0, 0.1) is 6.92 Å². The third kappa shape index (κ3) is 2.61. The van der Waals surface area contributed by atoms with Gasteiger partial charge in [0.1, 0.15) is 11.5 Å². The maximum Gasteiger partial charge on any atom is 0.258 e. The molecule has 1 amide bonds. The standard InChI is InChI=1S/C18H20N2O3/c1-12-8-9-16(23-12)17-19-15-7-3-2-6-14(15)18(21)20(17)11-13-5-4-10-22-13/h2-3,6-9,13,17,19H,4-5,10-11H2,1H3/t13-,17+/m1/s1. The molecule has 23 heavy (non-hydrogen) atoms. The molecule has 1 aromatic heterocycles. The Bertz CT molecular complexity index is 719. The van der Waals surface area contributed by atoms with Crippen molar-refractivity contribution in [3.8, 4) is 0 Å². The van der Waals surface area contributed by atoms with Crippen molar-refractivity contribution in [1.82, 2.24) is 4.90 Å². The Morgan fingerprint density at radius 2 is 2.13 bits per heavy atom. The Morgan fingerprint density at radius 1 is 1.26 bits per heavy atom. The third-order valence-corrected chi connectivity index (χ3v) is 4.48. The van der Waals surface area contributed by atoms with Gasteiger partial charge in [-0.25, -0.2) is 0 Å². The average molecular weight is 312 g/mol. The molecule has 0 unspecified atom stereocenters. The van der Waals surface area contributed by atoms with Crippen molar-refractivity contribution < 1.29 is 13.9 Å². The molecule has 4 rings (SSSR count). The van der Waals surface area contributed by atoms with E-state index in [2.05, 4.69) is 5.32 Å². The minimum atomic E-state index is -0.296. The molecule has 2 aliphatic rings. The number of nitrogens with one attached hydrogen (secondary N) is 1. The lowest BCUT2D eigenvalue weighted by Gasteiger charge is -2.37. The molecule has 120 valence electrons. The number of aryl methyl sites for hydroxylation is 1. The number of nitrogens with zero attached hydrogens (tertiary/aromatic N) is 1. The number of hydrogen-bond donors (Lipinski definition) is 1. The van der Waals surface area contributed by atoms with E-state index < -0.39 is 0 Å². The Balaban J connectivity index is 1.70. The van der Waals surface area contributed by atoms with Crippen LogP contribution in [0.4, 0.5) is 5.69 Å². The summed E-state index contributed by atoms with van der Waals surface area (Å²) in [7, 11) is 0. The number of carbonyl (C=O) groups is 1. The van der Waals surface area contributed by atoms with Crippen LogP contribution in [0.5, 0.6) is 0 Å². The van der Waals surface area contributed by atoms with Gasteiger partial charge in [-0.2, -0.15) is 0 Å². The van der Waals surface area contributed by atoms with Crippen molar-refractivity contribution in [2.75, 3.05) is 18.5 Å².